The van der Waals surface area contributed by atoms with Crippen LogP contribution in [0.4, 0.5) is 5.69 Å². The Balaban J connectivity index is 2.00. The van der Waals surface area contributed by atoms with Crippen molar-refractivity contribution in [1.29, 1.82) is 0 Å². The average Bonchev–Trinajstić information content (AvgIpc) is 2.96. The van der Waals surface area contributed by atoms with Crippen LogP contribution in [0.2, 0.25) is 0 Å². The van der Waals surface area contributed by atoms with Gasteiger partial charge in [0.15, 0.2) is 0 Å². The van der Waals surface area contributed by atoms with Crippen LogP contribution in [0, 0.1) is 0 Å². The molecule has 7 heteroatoms. The van der Waals surface area contributed by atoms with Gasteiger partial charge in [0.2, 0.25) is 0 Å². The molecule has 0 aliphatic rings. The maximum absolute atomic E-state index is 12.3. The smallest absolute Gasteiger partial charge is 0.313 e. The Bertz CT molecular complexity index is 684. The van der Waals surface area contributed by atoms with Crippen LogP contribution in [0.5, 0.6) is 0 Å². The fourth-order valence-electron chi connectivity index (χ4n) is 1.99. The summed E-state index contributed by atoms with van der Waals surface area (Å²) >= 11 is 2.70. The van der Waals surface area contributed by atoms with Crippen LogP contribution in [0.15, 0.2) is 35.7 Å². The Morgan fingerprint density at radius 2 is 2.17 bits per heavy atom. The second-order valence-electron chi connectivity index (χ2n) is 4.75. The quantitative estimate of drug-likeness (QED) is 0.762. The number of carbonyl (C=O) groups excluding carboxylic acids is 1. The summed E-state index contributed by atoms with van der Waals surface area (Å²) in [5.74, 6) is -0.346. The number of aliphatic carboxylic acids is 1. The lowest BCUT2D eigenvalue weighted by molar-refractivity contribution is -0.133. The summed E-state index contributed by atoms with van der Waals surface area (Å²) in [5, 5.41) is 13.4. The molecule has 1 amide bonds. The van der Waals surface area contributed by atoms with Gasteiger partial charge in [-0.1, -0.05) is 12.1 Å². The molecule has 23 heavy (non-hydrogen) atoms. The zero-order valence-electron chi connectivity index (χ0n) is 12.6. The van der Waals surface area contributed by atoms with Gasteiger partial charge in [-0.2, -0.15) is 0 Å². The third-order valence-electron chi connectivity index (χ3n) is 2.93. The van der Waals surface area contributed by atoms with Crippen molar-refractivity contribution >= 4 is 40.7 Å². The molecule has 2 aromatic rings. The number of ether oxygens (including phenoxy) is 1. The third kappa shape index (κ3) is 5.38. The first kappa shape index (κ1) is 17.5. The summed E-state index contributed by atoms with van der Waals surface area (Å²) in [7, 11) is 1.59. The number of carboxylic acids is 1. The molecule has 122 valence electrons. The summed E-state index contributed by atoms with van der Waals surface area (Å²) < 4.78 is 5.09. The Morgan fingerprint density at radius 3 is 2.91 bits per heavy atom. The Morgan fingerprint density at radius 1 is 1.35 bits per heavy atom. The molecule has 0 saturated heterocycles. The SMILES string of the molecule is COCc1ccsc1C(=O)Nc1cccc(CSCC(=O)O)c1. The van der Waals surface area contributed by atoms with Gasteiger partial charge in [0.05, 0.1) is 17.2 Å². The van der Waals surface area contributed by atoms with Gasteiger partial charge in [-0.15, -0.1) is 23.1 Å². The van der Waals surface area contributed by atoms with E-state index < -0.39 is 5.97 Å². The molecule has 1 heterocycles. The molecule has 0 saturated carbocycles. The van der Waals surface area contributed by atoms with E-state index in [9.17, 15) is 9.59 Å². The number of nitrogens with one attached hydrogen (secondary N) is 1. The minimum Gasteiger partial charge on any atom is -0.481 e. The lowest BCUT2D eigenvalue weighted by Crippen LogP contribution is -2.12. The zero-order valence-corrected chi connectivity index (χ0v) is 14.2. The molecule has 0 aliphatic heterocycles. The van der Waals surface area contributed by atoms with Crippen LogP contribution in [0.25, 0.3) is 0 Å². The van der Waals surface area contributed by atoms with E-state index >= 15 is 0 Å². The lowest BCUT2D eigenvalue weighted by Gasteiger charge is -2.08. The van der Waals surface area contributed by atoms with Crippen molar-refractivity contribution in [2.24, 2.45) is 0 Å². The van der Waals surface area contributed by atoms with Crippen molar-refractivity contribution < 1.29 is 19.4 Å². The number of carboxylic acid groups (broad SMARTS) is 1. The van der Waals surface area contributed by atoms with Gasteiger partial charge in [-0.3, -0.25) is 9.59 Å². The first-order chi connectivity index (χ1) is 11.1. The van der Waals surface area contributed by atoms with E-state index in [1.165, 1.54) is 23.1 Å². The first-order valence-corrected chi connectivity index (χ1v) is 8.88. The number of anilines is 1. The number of benzene rings is 1. The molecule has 0 fully saturated rings. The standard InChI is InChI=1S/C16H17NO4S2/c1-21-8-12-5-6-23-15(12)16(20)17-13-4-2-3-11(7-13)9-22-10-14(18)19/h2-7H,8-10H2,1H3,(H,17,20)(H,18,19). The molecule has 1 aromatic heterocycles. The topological polar surface area (TPSA) is 75.6 Å². The zero-order chi connectivity index (χ0) is 16.7. The van der Waals surface area contributed by atoms with Crippen LogP contribution in [-0.2, 0) is 21.9 Å². The highest BCUT2D eigenvalue weighted by atomic mass is 32.2. The van der Waals surface area contributed by atoms with Gasteiger partial charge < -0.3 is 15.2 Å². The predicted molar refractivity (Wildman–Crippen MR) is 93.2 cm³/mol. The number of hydrogen-bond donors (Lipinski definition) is 2. The van der Waals surface area contributed by atoms with Crippen molar-refractivity contribution in [2.45, 2.75) is 12.4 Å². The van der Waals surface area contributed by atoms with Gasteiger partial charge in [0.25, 0.3) is 5.91 Å². The predicted octanol–water partition coefficient (Wildman–Crippen LogP) is 3.46. The second kappa shape index (κ2) is 8.71. The largest absolute Gasteiger partial charge is 0.481 e. The summed E-state index contributed by atoms with van der Waals surface area (Å²) in [4.78, 5) is 23.5. The van der Waals surface area contributed by atoms with Crippen molar-refractivity contribution in [3.05, 3.63) is 51.7 Å². The second-order valence-corrected chi connectivity index (χ2v) is 6.65. The molecule has 0 radical (unpaired) electrons. The molecule has 1 aromatic carbocycles. The third-order valence-corrected chi connectivity index (χ3v) is 4.88. The van der Waals surface area contributed by atoms with E-state index in [0.29, 0.717) is 22.9 Å². The van der Waals surface area contributed by atoms with Crippen LogP contribution < -0.4 is 5.32 Å². The summed E-state index contributed by atoms with van der Waals surface area (Å²) in [5.41, 5.74) is 2.53. The molecule has 2 rings (SSSR count). The molecular formula is C16H17NO4S2. The van der Waals surface area contributed by atoms with Crippen molar-refractivity contribution in [3.63, 3.8) is 0 Å². The van der Waals surface area contributed by atoms with Crippen molar-refractivity contribution in [2.75, 3.05) is 18.2 Å². The van der Waals surface area contributed by atoms with E-state index in [2.05, 4.69) is 5.32 Å². The monoisotopic (exact) mass is 351 g/mol. The highest BCUT2D eigenvalue weighted by Crippen LogP contribution is 2.21. The Labute approximate surface area is 142 Å². The number of thiophene rings is 1. The number of amides is 1. The first-order valence-electron chi connectivity index (χ1n) is 6.85. The molecule has 5 nitrogen and oxygen atoms in total. The molecule has 0 atom stereocenters. The van der Waals surface area contributed by atoms with Gasteiger partial charge >= 0.3 is 5.97 Å². The number of carbonyl (C=O) groups is 2. The van der Waals surface area contributed by atoms with Gasteiger partial charge in [-0.25, -0.2) is 0 Å². The van der Waals surface area contributed by atoms with Crippen LogP contribution in [0.3, 0.4) is 0 Å². The number of methoxy groups -OCH3 is 1. The fraction of sp³-hybridized carbons (Fsp3) is 0.250. The highest BCUT2D eigenvalue weighted by molar-refractivity contribution is 7.99. The van der Waals surface area contributed by atoms with E-state index in [1.54, 1.807) is 7.11 Å². The molecule has 0 spiro atoms. The van der Waals surface area contributed by atoms with E-state index in [0.717, 1.165) is 11.1 Å². The van der Waals surface area contributed by atoms with Crippen LogP contribution >= 0.6 is 23.1 Å². The maximum Gasteiger partial charge on any atom is 0.313 e. The van der Waals surface area contributed by atoms with Crippen LogP contribution in [-0.4, -0.2) is 29.8 Å². The molecule has 0 unspecified atom stereocenters. The number of hydrogen-bond acceptors (Lipinski definition) is 5. The molecular weight excluding hydrogens is 334 g/mol. The normalized spacial score (nSPS) is 10.5. The maximum atomic E-state index is 12.3. The van der Waals surface area contributed by atoms with Gasteiger partial charge in [-0.05, 0) is 29.1 Å². The number of thioether (sulfide) groups is 1. The minimum atomic E-state index is -0.831. The van der Waals surface area contributed by atoms with Gasteiger partial charge in [0, 0.05) is 24.1 Å². The Hall–Kier alpha value is -1.83. The average molecular weight is 351 g/mol. The van der Waals surface area contributed by atoms with E-state index in [-0.39, 0.29) is 11.7 Å². The summed E-state index contributed by atoms with van der Waals surface area (Å²) in [6, 6.07) is 9.30. The minimum absolute atomic E-state index is 0.0617. The van der Waals surface area contributed by atoms with E-state index in [1.807, 2.05) is 35.7 Å². The van der Waals surface area contributed by atoms with E-state index in [4.69, 9.17) is 9.84 Å². The molecule has 0 bridgehead atoms. The summed E-state index contributed by atoms with van der Waals surface area (Å²) in [6.07, 6.45) is 0. The van der Waals surface area contributed by atoms with Gasteiger partial charge in [0.1, 0.15) is 0 Å². The number of rotatable bonds is 8. The van der Waals surface area contributed by atoms with Crippen molar-refractivity contribution in [3.8, 4) is 0 Å². The molecule has 0 aliphatic carbocycles. The highest BCUT2D eigenvalue weighted by Gasteiger charge is 2.13. The lowest BCUT2D eigenvalue weighted by atomic mass is 10.2. The fourth-order valence-corrected chi connectivity index (χ4v) is 3.48. The summed E-state index contributed by atoms with van der Waals surface area (Å²) in [6.45, 7) is 0.401. The Kier molecular flexibility index (Phi) is 6.64. The van der Waals surface area contributed by atoms with Crippen molar-refractivity contribution in [1.82, 2.24) is 0 Å². The van der Waals surface area contributed by atoms with Crippen LogP contribution in [0.1, 0.15) is 20.8 Å². The molecule has 2 N–H and O–H groups in total.